The Bertz CT molecular complexity index is 1480. The van der Waals surface area contributed by atoms with Gasteiger partial charge in [0.05, 0.1) is 22.6 Å². The predicted octanol–water partition coefficient (Wildman–Crippen LogP) is 5.45. The third-order valence-electron chi connectivity index (χ3n) is 5.03. The number of anilines is 2. The van der Waals surface area contributed by atoms with E-state index in [0.717, 1.165) is 22.1 Å². The van der Waals surface area contributed by atoms with Gasteiger partial charge < -0.3 is 20.5 Å². The van der Waals surface area contributed by atoms with Crippen LogP contribution in [0, 0.1) is 3.57 Å². The Balaban J connectivity index is 1.37. The van der Waals surface area contributed by atoms with Crippen LogP contribution in [0.25, 0.3) is 11.3 Å². The number of ether oxygens (including phenoxy) is 2. The van der Waals surface area contributed by atoms with E-state index in [0.29, 0.717) is 31.2 Å². The van der Waals surface area contributed by atoms with Gasteiger partial charge in [0.25, 0.3) is 11.8 Å². The summed E-state index contributed by atoms with van der Waals surface area (Å²) in [5.41, 5.74) is 11.3. The lowest BCUT2D eigenvalue weighted by molar-refractivity contribution is -0.119. The molecule has 0 fully saturated rings. The molecule has 0 saturated carbocycles. The van der Waals surface area contributed by atoms with E-state index in [2.05, 4.69) is 43.4 Å². The third-order valence-corrected chi connectivity index (χ3v) is 6.84. The molecule has 0 spiro atoms. The topological polar surface area (TPSA) is 128 Å². The van der Waals surface area contributed by atoms with Crippen LogP contribution in [0.3, 0.4) is 0 Å². The normalized spacial score (nSPS) is 10.8. The van der Waals surface area contributed by atoms with E-state index < -0.39 is 5.91 Å². The first-order chi connectivity index (χ1) is 18.3. The van der Waals surface area contributed by atoms with Gasteiger partial charge in [-0.25, -0.2) is 10.4 Å². The number of hydrogen-bond donors (Lipinski definition) is 3. The monoisotopic (exact) mass is 661 g/mol. The number of thiazole rings is 1. The molecule has 4 aromatic rings. The SMILES string of the molecule is COc1cc(/C=N\NC(=O)c2ccc(-c3csc(Nc4ccc(Cl)cc4)n3)cc2)cc(I)c1OCC(N)=O. The Morgan fingerprint density at radius 1 is 1.16 bits per heavy atom. The largest absolute Gasteiger partial charge is 0.493 e. The van der Waals surface area contributed by atoms with E-state index >= 15 is 0 Å². The van der Waals surface area contributed by atoms with Gasteiger partial charge in [-0.2, -0.15) is 5.10 Å². The number of nitrogens with zero attached hydrogens (tertiary/aromatic N) is 2. The molecule has 4 rings (SSSR count). The number of benzene rings is 3. The van der Waals surface area contributed by atoms with Crippen LogP contribution in [0.15, 0.2) is 71.1 Å². The molecule has 1 heterocycles. The van der Waals surface area contributed by atoms with E-state index in [9.17, 15) is 9.59 Å². The summed E-state index contributed by atoms with van der Waals surface area (Å²) in [5, 5.41) is 10.6. The number of carbonyl (C=O) groups excluding carboxylic acids is 2. The lowest BCUT2D eigenvalue weighted by Gasteiger charge is -2.12. The lowest BCUT2D eigenvalue weighted by atomic mass is 10.1. The van der Waals surface area contributed by atoms with E-state index in [1.54, 1.807) is 24.3 Å². The van der Waals surface area contributed by atoms with Gasteiger partial charge >= 0.3 is 0 Å². The first-order valence-corrected chi connectivity index (χ1v) is 13.4. The van der Waals surface area contributed by atoms with Crippen LogP contribution in [-0.4, -0.2) is 36.7 Å². The van der Waals surface area contributed by atoms with Gasteiger partial charge in [-0.3, -0.25) is 9.59 Å². The number of primary amides is 1. The molecular weight excluding hydrogens is 641 g/mol. The fraction of sp³-hybridized carbons (Fsp3) is 0.0769. The summed E-state index contributed by atoms with van der Waals surface area (Å²) in [6.07, 6.45) is 1.49. The van der Waals surface area contributed by atoms with Crippen molar-refractivity contribution in [1.29, 1.82) is 0 Å². The van der Waals surface area contributed by atoms with Crippen LogP contribution in [0.1, 0.15) is 15.9 Å². The van der Waals surface area contributed by atoms with E-state index in [1.165, 1.54) is 24.7 Å². The molecule has 2 amide bonds. The van der Waals surface area contributed by atoms with E-state index in [4.69, 9.17) is 26.8 Å². The zero-order valence-corrected chi connectivity index (χ0v) is 23.6. The maximum absolute atomic E-state index is 12.6. The number of amides is 2. The summed E-state index contributed by atoms with van der Waals surface area (Å²) in [6.45, 7) is -0.265. The second-order valence-electron chi connectivity index (χ2n) is 7.74. The number of rotatable bonds is 10. The highest BCUT2D eigenvalue weighted by atomic mass is 127. The molecule has 0 radical (unpaired) electrons. The molecule has 38 heavy (non-hydrogen) atoms. The van der Waals surface area contributed by atoms with Crippen LogP contribution in [0.4, 0.5) is 10.8 Å². The number of nitrogens with two attached hydrogens (primary N) is 1. The Kier molecular flexibility index (Phi) is 9.15. The number of hydrazone groups is 1. The summed E-state index contributed by atoms with van der Waals surface area (Å²) in [4.78, 5) is 28.2. The van der Waals surface area contributed by atoms with Crippen LogP contribution >= 0.6 is 45.5 Å². The third kappa shape index (κ3) is 7.21. The molecule has 1 aromatic heterocycles. The number of carbonyl (C=O) groups is 2. The second kappa shape index (κ2) is 12.7. The molecule has 0 unspecified atom stereocenters. The second-order valence-corrected chi connectivity index (χ2v) is 10.2. The quantitative estimate of drug-likeness (QED) is 0.118. The molecule has 9 nitrogen and oxygen atoms in total. The molecule has 3 aromatic carbocycles. The molecule has 0 aliphatic rings. The first kappa shape index (κ1) is 27.4. The van der Waals surface area contributed by atoms with Gasteiger partial charge in [0.15, 0.2) is 23.2 Å². The van der Waals surface area contributed by atoms with Crippen molar-refractivity contribution < 1.29 is 19.1 Å². The predicted molar refractivity (Wildman–Crippen MR) is 158 cm³/mol. The van der Waals surface area contributed by atoms with Crippen LogP contribution < -0.4 is 25.9 Å². The summed E-state index contributed by atoms with van der Waals surface area (Å²) >= 11 is 9.46. The average Bonchev–Trinajstić information content (AvgIpc) is 3.37. The van der Waals surface area contributed by atoms with Gasteiger partial charge in [0, 0.05) is 27.2 Å². The van der Waals surface area contributed by atoms with Gasteiger partial charge in [-0.15, -0.1) is 11.3 Å². The average molecular weight is 662 g/mol. The molecule has 4 N–H and O–H groups in total. The minimum atomic E-state index is -0.591. The van der Waals surface area contributed by atoms with Crippen LogP contribution in [-0.2, 0) is 4.79 Å². The number of nitrogens with one attached hydrogen (secondary N) is 2. The van der Waals surface area contributed by atoms with Crippen molar-refractivity contribution in [3.05, 3.63) is 85.8 Å². The van der Waals surface area contributed by atoms with Crippen molar-refractivity contribution >= 4 is 74.4 Å². The molecule has 12 heteroatoms. The molecular formula is C26H21ClIN5O4S. The fourth-order valence-corrected chi connectivity index (χ4v) is 4.89. The summed E-state index contributed by atoms with van der Waals surface area (Å²) in [5.74, 6) is -0.137. The van der Waals surface area contributed by atoms with Crippen molar-refractivity contribution in [2.24, 2.45) is 10.8 Å². The highest BCUT2D eigenvalue weighted by Gasteiger charge is 2.13. The highest BCUT2D eigenvalue weighted by molar-refractivity contribution is 14.1. The number of methoxy groups -OCH3 is 1. The van der Waals surface area contributed by atoms with Crippen molar-refractivity contribution in [1.82, 2.24) is 10.4 Å². The van der Waals surface area contributed by atoms with Crippen LogP contribution in [0.2, 0.25) is 5.02 Å². The lowest BCUT2D eigenvalue weighted by Crippen LogP contribution is -2.20. The smallest absolute Gasteiger partial charge is 0.271 e. The van der Waals surface area contributed by atoms with Gasteiger partial charge in [-0.1, -0.05) is 23.7 Å². The maximum atomic E-state index is 12.6. The Morgan fingerprint density at radius 3 is 2.58 bits per heavy atom. The Labute approximate surface area is 241 Å². The number of hydrogen-bond acceptors (Lipinski definition) is 8. The molecule has 0 aliphatic heterocycles. The summed E-state index contributed by atoms with van der Waals surface area (Å²) < 4.78 is 11.4. The number of halogens is 2. The van der Waals surface area contributed by atoms with Crippen molar-refractivity contribution in [2.45, 2.75) is 0 Å². The minimum absolute atomic E-state index is 0.265. The van der Waals surface area contributed by atoms with Gasteiger partial charge in [0.1, 0.15) is 0 Å². The van der Waals surface area contributed by atoms with E-state index in [1.807, 2.05) is 41.8 Å². The molecule has 0 atom stereocenters. The standard InChI is InChI=1S/C26H21ClIN5O4S/c1-36-22-11-15(10-20(28)24(22)37-13-23(29)34)12-30-33-25(35)17-4-2-16(3-5-17)21-14-38-26(32-21)31-19-8-6-18(27)7-9-19/h2-12,14H,13H2,1H3,(H2,29,34)(H,31,32)(H,33,35)/b30-12-. The zero-order valence-electron chi connectivity index (χ0n) is 19.9. The van der Waals surface area contributed by atoms with Gasteiger partial charge in [0.2, 0.25) is 0 Å². The first-order valence-electron chi connectivity index (χ1n) is 11.0. The molecule has 0 bridgehead atoms. The van der Waals surface area contributed by atoms with Crippen molar-refractivity contribution in [3.8, 4) is 22.8 Å². The zero-order chi connectivity index (χ0) is 27.1. The molecule has 0 saturated heterocycles. The molecule has 194 valence electrons. The molecule has 0 aliphatic carbocycles. The minimum Gasteiger partial charge on any atom is -0.493 e. The summed E-state index contributed by atoms with van der Waals surface area (Å²) in [6, 6.07) is 17.9. The highest BCUT2D eigenvalue weighted by Crippen LogP contribution is 2.33. The Morgan fingerprint density at radius 2 is 1.89 bits per heavy atom. The summed E-state index contributed by atoms with van der Waals surface area (Å²) in [7, 11) is 1.48. The fourth-order valence-electron chi connectivity index (χ4n) is 3.24. The van der Waals surface area contributed by atoms with Crippen molar-refractivity contribution in [3.63, 3.8) is 0 Å². The van der Waals surface area contributed by atoms with Crippen LogP contribution in [0.5, 0.6) is 11.5 Å². The number of aromatic nitrogens is 1. The maximum Gasteiger partial charge on any atom is 0.271 e. The van der Waals surface area contributed by atoms with E-state index in [-0.39, 0.29) is 12.5 Å². The van der Waals surface area contributed by atoms with Crippen molar-refractivity contribution in [2.75, 3.05) is 19.0 Å². The Hall–Kier alpha value is -3.68. The van der Waals surface area contributed by atoms with Gasteiger partial charge in [-0.05, 0) is 76.7 Å².